The lowest BCUT2D eigenvalue weighted by Crippen LogP contribution is -2.37. The lowest BCUT2D eigenvalue weighted by molar-refractivity contribution is 0.146. The van der Waals surface area contributed by atoms with Crippen LogP contribution in [0.3, 0.4) is 0 Å². The highest BCUT2D eigenvalue weighted by Crippen LogP contribution is 2.25. The first-order valence-corrected chi connectivity index (χ1v) is 8.81. The van der Waals surface area contributed by atoms with Crippen LogP contribution in [0, 0.1) is 0 Å². The van der Waals surface area contributed by atoms with Crippen LogP contribution in [0.5, 0.6) is 0 Å². The van der Waals surface area contributed by atoms with Crippen molar-refractivity contribution in [1.29, 1.82) is 0 Å². The van der Waals surface area contributed by atoms with Crippen LogP contribution in [0.1, 0.15) is 43.7 Å². The molecule has 21 heavy (non-hydrogen) atoms. The number of aliphatic hydroxyl groups is 1. The van der Waals surface area contributed by atoms with Crippen molar-refractivity contribution in [2.45, 2.75) is 44.2 Å². The Morgan fingerprint density at radius 1 is 1.24 bits per heavy atom. The zero-order valence-electron chi connectivity index (χ0n) is 12.9. The van der Waals surface area contributed by atoms with E-state index in [-0.39, 0.29) is 6.61 Å². The number of nitrogens with one attached hydrogen (secondary N) is 1. The summed E-state index contributed by atoms with van der Waals surface area (Å²) in [5.74, 6) is 0. The SMILES string of the molecule is CNC(CCN(CCO)C1CCCC1)c1ccc(Br)cc1. The normalized spacial score (nSPS) is 17.5. The Morgan fingerprint density at radius 3 is 2.48 bits per heavy atom. The van der Waals surface area contributed by atoms with Gasteiger partial charge in [-0.05, 0) is 44.0 Å². The number of nitrogens with zero attached hydrogens (tertiary/aromatic N) is 1. The number of benzene rings is 1. The molecular formula is C17H27BrN2O. The second-order valence-electron chi connectivity index (χ2n) is 5.88. The quantitative estimate of drug-likeness (QED) is 0.751. The van der Waals surface area contributed by atoms with E-state index in [1.807, 2.05) is 7.05 Å². The van der Waals surface area contributed by atoms with E-state index in [0.29, 0.717) is 12.1 Å². The molecule has 1 aromatic rings. The summed E-state index contributed by atoms with van der Waals surface area (Å²) in [5, 5.41) is 12.7. The van der Waals surface area contributed by atoms with Crippen molar-refractivity contribution in [2.75, 3.05) is 26.7 Å². The topological polar surface area (TPSA) is 35.5 Å². The van der Waals surface area contributed by atoms with E-state index in [1.165, 1.54) is 31.2 Å². The second kappa shape index (κ2) is 8.89. The van der Waals surface area contributed by atoms with Gasteiger partial charge in [0.15, 0.2) is 0 Å². The fraction of sp³-hybridized carbons (Fsp3) is 0.647. The number of rotatable bonds is 8. The summed E-state index contributed by atoms with van der Waals surface area (Å²) in [5.41, 5.74) is 1.33. The molecule has 0 heterocycles. The minimum atomic E-state index is 0.263. The summed E-state index contributed by atoms with van der Waals surface area (Å²) in [6.45, 7) is 2.12. The molecule has 0 aromatic heterocycles. The van der Waals surface area contributed by atoms with Crippen molar-refractivity contribution in [3.8, 4) is 0 Å². The molecule has 4 heteroatoms. The van der Waals surface area contributed by atoms with Crippen LogP contribution in [0.25, 0.3) is 0 Å². The molecule has 1 unspecified atom stereocenters. The molecule has 1 aliphatic rings. The smallest absolute Gasteiger partial charge is 0.0558 e. The molecule has 0 saturated heterocycles. The highest BCUT2D eigenvalue weighted by molar-refractivity contribution is 9.10. The molecule has 1 fully saturated rings. The summed E-state index contributed by atoms with van der Waals surface area (Å²) in [6, 6.07) is 9.61. The zero-order chi connectivity index (χ0) is 15.1. The van der Waals surface area contributed by atoms with Gasteiger partial charge in [0.2, 0.25) is 0 Å². The van der Waals surface area contributed by atoms with Crippen LogP contribution in [-0.4, -0.2) is 42.8 Å². The van der Waals surface area contributed by atoms with Crippen LogP contribution in [0.2, 0.25) is 0 Å². The van der Waals surface area contributed by atoms with Gasteiger partial charge in [0.05, 0.1) is 6.61 Å². The Hall–Kier alpha value is -0.420. The van der Waals surface area contributed by atoms with Crippen molar-refractivity contribution in [2.24, 2.45) is 0 Å². The first kappa shape index (κ1) is 16.9. The van der Waals surface area contributed by atoms with E-state index in [2.05, 4.69) is 50.4 Å². The van der Waals surface area contributed by atoms with Crippen molar-refractivity contribution < 1.29 is 5.11 Å². The molecule has 1 saturated carbocycles. The van der Waals surface area contributed by atoms with Gasteiger partial charge >= 0.3 is 0 Å². The van der Waals surface area contributed by atoms with E-state index >= 15 is 0 Å². The van der Waals surface area contributed by atoms with Crippen molar-refractivity contribution in [3.05, 3.63) is 34.3 Å². The Kier molecular flexibility index (Phi) is 7.17. The Labute approximate surface area is 136 Å². The van der Waals surface area contributed by atoms with Crippen molar-refractivity contribution in [1.82, 2.24) is 10.2 Å². The zero-order valence-corrected chi connectivity index (χ0v) is 14.5. The number of hydrogen-bond donors (Lipinski definition) is 2. The number of halogens is 1. The number of hydrogen-bond acceptors (Lipinski definition) is 3. The third kappa shape index (κ3) is 5.06. The second-order valence-corrected chi connectivity index (χ2v) is 6.80. The third-order valence-electron chi connectivity index (χ3n) is 4.55. The molecule has 2 rings (SSSR count). The summed E-state index contributed by atoms with van der Waals surface area (Å²) < 4.78 is 1.12. The van der Waals surface area contributed by atoms with Crippen LogP contribution >= 0.6 is 15.9 Å². The summed E-state index contributed by atoms with van der Waals surface area (Å²) in [7, 11) is 2.03. The molecular weight excluding hydrogens is 328 g/mol. The maximum absolute atomic E-state index is 9.30. The largest absolute Gasteiger partial charge is 0.395 e. The van der Waals surface area contributed by atoms with Crippen molar-refractivity contribution >= 4 is 15.9 Å². The van der Waals surface area contributed by atoms with Crippen LogP contribution < -0.4 is 5.32 Å². The molecule has 1 aliphatic carbocycles. The Balaban J connectivity index is 1.92. The van der Waals surface area contributed by atoms with Gasteiger partial charge < -0.3 is 10.4 Å². The minimum absolute atomic E-state index is 0.263. The highest BCUT2D eigenvalue weighted by atomic mass is 79.9. The van der Waals surface area contributed by atoms with Gasteiger partial charge in [-0.15, -0.1) is 0 Å². The van der Waals surface area contributed by atoms with Crippen molar-refractivity contribution in [3.63, 3.8) is 0 Å². The molecule has 0 spiro atoms. The predicted octanol–water partition coefficient (Wildman–Crippen LogP) is 3.34. The number of aliphatic hydroxyl groups excluding tert-OH is 1. The van der Waals surface area contributed by atoms with Gasteiger partial charge in [0.1, 0.15) is 0 Å². The van der Waals surface area contributed by atoms with E-state index in [9.17, 15) is 5.11 Å². The Bertz CT molecular complexity index is 404. The summed E-state index contributed by atoms with van der Waals surface area (Å²) in [4.78, 5) is 2.48. The molecule has 0 bridgehead atoms. The van der Waals surface area contributed by atoms with E-state index in [4.69, 9.17) is 0 Å². The molecule has 0 amide bonds. The molecule has 2 N–H and O–H groups in total. The minimum Gasteiger partial charge on any atom is -0.395 e. The van der Waals surface area contributed by atoms with E-state index in [0.717, 1.165) is 24.0 Å². The van der Waals surface area contributed by atoms with Gasteiger partial charge in [0.25, 0.3) is 0 Å². The Morgan fingerprint density at radius 2 is 1.90 bits per heavy atom. The average molecular weight is 355 g/mol. The maximum atomic E-state index is 9.30. The summed E-state index contributed by atoms with van der Waals surface area (Å²) >= 11 is 3.49. The summed E-state index contributed by atoms with van der Waals surface area (Å²) in [6.07, 6.45) is 6.35. The van der Waals surface area contributed by atoms with Gasteiger partial charge in [-0.2, -0.15) is 0 Å². The molecule has 0 aliphatic heterocycles. The maximum Gasteiger partial charge on any atom is 0.0558 e. The molecule has 118 valence electrons. The third-order valence-corrected chi connectivity index (χ3v) is 5.08. The van der Waals surface area contributed by atoms with E-state index < -0.39 is 0 Å². The van der Waals surface area contributed by atoms with Crippen LogP contribution in [-0.2, 0) is 0 Å². The molecule has 0 radical (unpaired) electrons. The fourth-order valence-corrected chi connectivity index (χ4v) is 3.61. The lowest BCUT2D eigenvalue weighted by atomic mass is 10.0. The molecule has 1 aromatic carbocycles. The van der Waals surface area contributed by atoms with Gasteiger partial charge in [-0.1, -0.05) is 40.9 Å². The molecule has 1 atom stereocenters. The lowest BCUT2D eigenvalue weighted by Gasteiger charge is -2.30. The fourth-order valence-electron chi connectivity index (χ4n) is 3.34. The van der Waals surface area contributed by atoms with Gasteiger partial charge in [-0.25, -0.2) is 0 Å². The first-order valence-electron chi connectivity index (χ1n) is 8.02. The highest BCUT2D eigenvalue weighted by Gasteiger charge is 2.22. The first-order chi connectivity index (χ1) is 10.2. The van der Waals surface area contributed by atoms with E-state index in [1.54, 1.807) is 0 Å². The average Bonchev–Trinajstić information content (AvgIpc) is 3.02. The standard InChI is InChI=1S/C17H27BrN2O/c1-19-17(14-6-8-15(18)9-7-14)10-11-20(12-13-21)16-4-2-3-5-16/h6-9,16-17,19,21H,2-5,10-13H2,1H3. The molecule has 3 nitrogen and oxygen atoms in total. The monoisotopic (exact) mass is 354 g/mol. The van der Waals surface area contributed by atoms with Gasteiger partial charge in [-0.3, -0.25) is 4.90 Å². The van der Waals surface area contributed by atoms with Crippen LogP contribution in [0.15, 0.2) is 28.7 Å². The predicted molar refractivity (Wildman–Crippen MR) is 91.5 cm³/mol. The van der Waals surface area contributed by atoms with Gasteiger partial charge in [0, 0.05) is 29.6 Å². The van der Waals surface area contributed by atoms with Crippen LogP contribution in [0.4, 0.5) is 0 Å².